The minimum Gasteiger partial charge on any atom is -0.298 e. The van der Waals surface area contributed by atoms with Gasteiger partial charge in [-0.1, -0.05) is 28.4 Å². The summed E-state index contributed by atoms with van der Waals surface area (Å²) in [6.07, 6.45) is 1.17. The predicted molar refractivity (Wildman–Crippen MR) is 76.2 cm³/mol. The molecule has 20 heavy (non-hydrogen) atoms. The highest BCUT2D eigenvalue weighted by Gasteiger charge is 2.25. The van der Waals surface area contributed by atoms with Crippen molar-refractivity contribution in [3.8, 4) is 0 Å². The van der Waals surface area contributed by atoms with E-state index in [4.69, 9.17) is 23.2 Å². The molecule has 0 atom stereocenters. The van der Waals surface area contributed by atoms with Crippen LogP contribution < -0.4 is 5.32 Å². The first-order chi connectivity index (χ1) is 9.47. The van der Waals surface area contributed by atoms with Crippen molar-refractivity contribution in [1.29, 1.82) is 0 Å². The number of rotatable bonds is 3. The molecular formula is C13H12Cl2N2O3. The average Bonchev–Trinajstić information content (AvgIpc) is 3.19. The van der Waals surface area contributed by atoms with Crippen molar-refractivity contribution in [3.05, 3.63) is 33.8 Å². The summed E-state index contributed by atoms with van der Waals surface area (Å²) < 4.78 is 0. The highest BCUT2D eigenvalue weighted by molar-refractivity contribution is 6.37. The van der Waals surface area contributed by atoms with Crippen LogP contribution in [0.15, 0.2) is 23.4 Å². The molecule has 0 heterocycles. The van der Waals surface area contributed by atoms with Crippen molar-refractivity contribution in [3.63, 3.8) is 0 Å². The molecule has 0 spiro atoms. The number of hydrogen-bond acceptors (Lipinski definition) is 4. The predicted octanol–water partition coefficient (Wildman–Crippen LogP) is 3.65. The van der Waals surface area contributed by atoms with Gasteiger partial charge < -0.3 is 0 Å². The maximum Gasteiger partial charge on any atom is 0.440 e. The zero-order valence-electron chi connectivity index (χ0n) is 10.7. The Bertz CT molecular complexity index is 583. The number of hydrogen-bond donors (Lipinski definition) is 1. The minimum absolute atomic E-state index is 0.135. The fraction of sp³-hybridized carbons (Fsp3) is 0.308. The van der Waals surface area contributed by atoms with Crippen LogP contribution in [0.1, 0.15) is 30.1 Å². The highest BCUT2D eigenvalue weighted by Crippen LogP contribution is 2.30. The van der Waals surface area contributed by atoms with Gasteiger partial charge in [-0.15, -0.1) is 0 Å². The number of nitrogens with zero attached hydrogens (tertiary/aromatic N) is 1. The lowest BCUT2D eigenvalue weighted by molar-refractivity contribution is 0.0922. The summed E-state index contributed by atoms with van der Waals surface area (Å²) in [5, 5.41) is 6.26. The maximum atomic E-state index is 11.8. The van der Waals surface area contributed by atoms with Gasteiger partial charge in [0.2, 0.25) is 0 Å². The van der Waals surface area contributed by atoms with Crippen molar-refractivity contribution in [2.75, 3.05) is 0 Å². The molecule has 1 aliphatic rings. The van der Waals surface area contributed by atoms with Gasteiger partial charge >= 0.3 is 6.09 Å². The van der Waals surface area contributed by atoms with Crippen LogP contribution in [0.25, 0.3) is 0 Å². The molecule has 0 bridgehead atoms. The van der Waals surface area contributed by atoms with E-state index in [9.17, 15) is 9.59 Å². The Balaban J connectivity index is 1.93. The zero-order valence-corrected chi connectivity index (χ0v) is 12.2. The van der Waals surface area contributed by atoms with E-state index >= 15 is 0 Å². The van der Waals surface area contributed by atoms with Gasteiger partial charge in [-0.2, -0.15) is 0 Å². The molecular weight excluding hydrogens is 303 g/mol. The van der Waals surface area contributed by atoms with Gasteiger partial charge in [-0.3, -0.25) is 14.9 Å². The number of benzene rings is 1. The molecule has 1 aromatic rings. The molecule has 5 nitrogen and oxygen atoms in total. The third kappa shape index (κ3) is 3.95. The quantitative estimate of drug-likeness (QED) is 0.526. The molecule has 1 aliphatic carbocycles. The molecule has 1 saturated carbocycles. The molecule has 106 valence electrons. The van der Waals surface area contributed by atoms with Crippen molar-refractivity contribution >= 4 is 40.9 Å². The van der Waals surface area contributed by atoms with Gasteiger partial charge in [-0.05, 0) is 38.0 Å². The summed E-state index contributed by atoms with van der Waals surface area (Å²) in [6, 6.07) is 4.34. The summed E-state index contributed by atoms with van der Waals surface area (Å²) in [4.78, 5) is 27.8. The van der Waals surface area contributed by atoms with E-state index < -0.39 is 12.0 Å². The standard InChI is InChI=1S/C13H12Cl2N2O3/c1-7(8-2-3-8)17-20-13(19)16-12(18)10-5-4-9(14)6-11(10)15/h4-6,8H,2-3H2,1H3,(H,16,18,19)/b17-7+. The number of imide groups is 1. The van der Waals surface area contributed by atoms with Crippen LogP contribution in [0.3, 0.4) is 0 Å². The van der Waals surface area contributed by atoms with Gasteiger partial charge in [0.15, 0.2) is 0 Å². The number of halogens is 2. The number of amides is 2. The summed E-state index contributed by atoms with van der Waals surface area (Å²) in [7, 11) is 0. The largest absolute Gasteiger partial charge is 0.440 e. The SMILES string of the molecule is C/C(=N\OC(=O)NC(=O)c1ccc(Cl)cc1Cl)C1CC1. The smallest absolute Gasteiger partial charge is 0.298 e. The summed E-state index contributed by atoms with van der Waals surface area (Å²) >= 11 is 11.6. The molecule has 0 saturated heterocycles. The van der Waals surface area contributed by atoms with E-state index in [0.29, 0.717) is 10.9 Å². The van der Waals surface area contributed by atoms with Crippen molar-refractivity contribution in [2.45, 2.75) is 19.8 Å². The number of nitrogens with one attached hydrogen (secondary N) is 1. The monoisotopic (exact) mass is 314 g/mol. The summed E-state index contributed by atoms with van der Waals surface area (Å²) in [5.41, 5.74) is 0.882. The Labute approximate surface area is 125 Å². The molecule has 7 heteroatoms. The van der Waals surface area contributed by atoms with E-state index in [1.165, 1.54) is 18.2 Å². The van der Waals surface area contributed by atoms with Crippen molar-refractivity contribution < 1.29 is 14.4 Å². The average molecular weight is 315 g/mol. The first kappa shape index (κ1) is 14.8. The fourth-order valence-electron chi connectivity index (χ4n) is 1.55. The Morgan fingerprint density at radius 1 is 1.35 bits per heavy atom. The van der Waals surface area contributed by atoms with E-state index in [-0.39, 0.29) is 10.6 Å². The fourth-order valence-corrected chi connectivity index (χ4v) is 2.04. The second kappa shape index (κ2) is 6.24. The lowest BCUT2D eigenvalue weighted by atomic mass is 10.2. The number of oxime groups is 1. The van der Waals surface area contributed by atoms with Crippen LogP contribution >= 0.6 is 23.2 Å². The first-order valence-corrected chi connectivity index (χ1v) is 6.75. The van der Waals surface area contributed by atoms with E-state index in [2.05, 4.69) is 9.99 Å². The molecule has 1 N–H and O–H groups in total. The molecule has 1 fully saturated rings. The van der Waals surface area contributed by atoms with Gasteiger partial charge in [0.05, 0.1) is 16.3 Å². The van der Waals surface area contributed by atoms with Gasteiger partial charge in [0.25, 0.3) is 5.91 Å². The van der Waals surface area contributed by atoms with Gasteiger partial charge in [-0.25, -0.2) is 4.79 Å². The topological polar surface area (TPSA) is 67.8 Å². The van der Waals surface area contributed by atoms with Crippen molar-refractivity contribution in [2.24, 2.45) is 11.1 Å². The summed E-state index contributed by atoms with van der Waals surface area (Å²) in [5.74, 6) is -0.278. The number of carbonyl (C=O) groups excluding carboxylic acids is 2. The van der Waals surface area contributed by atoms with Crippen LogP contribution in [-0.4, -0.2) is 17.7 Å². The lowest BCUT2D eigenvalue weighted by Crippen LogP contribution is -2.30. The number of carbonyl (C=O) groups is 2. The van der Waals surface area contributed by atoms with Crippen molar-refractivity contribution in [1.82, 2.24) is 5.32 Å². The minimum atomic E-state index is -0.944. The van der Waals surface area contributed by atoms with Crippen LogP contribution in [-0.2, 0) is 4.84 Å². The lowest BCUT2D eigenvalue weighted by Gasteiger charge is -2.04. The Hall–Kier alpha value is -1.59. The van der Waals surface area contributed by atoms with Gasteiger partial charge in [0, 0.05) is 10.9 Å². The zero-order chi connectivity index (χ0) is 14.7. The normalized spacial score (nSPS) is 14.8. The third-order valence-electron chi connectivity index (χ3n) is 2.83. The van der Waals surface area contributed by atoms with Crippen LogP contribution in [0, 0.1) is 5.92 Å². The molecule has 2 rings (SSSR count). The molecule has 1 aromatic carbocycles. The van der Waals surface area contributed by atoms with Crippen LogP contribution in [0.2, 0.25) is 10.0 Å². The third-order valence-corrected chi connectivity index (χ3v) is 3.38. The first-order valence-electron chi connectivity index (χ1n) is 5.99. The van der Waals surface area contributed by atoms with E-state index in [1.54, 1.807) is 6.92 Å². The Kier molecular flexibility index (Phi) is 4.62. The van der Waals surface area contributed by atoms with Crippen LogP contribution in [0.4, 0.5) is 4.79 Å². The van der Waals surface area contributed by atoms with Gasteiger partial charge in [0.1, 0.15) is 0 Å². The van der Waals surface area contributed by atoms with E-state index in [0.717, 1.165) is 18.6 Å². The molecule has 2 amide bonds. The molecule has 0 aliphatic heterocycles. The Morgan fingerprint density at radius 2 is 2.05 bits per heavy atom. The summed E-state index contributed by atoms with van der Waals surface area (Å²) in [6.45, 7) is 1.78. The molecule has 0 unspecified atom stereocenters. The second-order valence-electron chi connectivity index (χ2n) is 4.46. The molecule has 0 aromatic heterocycles. The Morgan fingerprint density at radius 3 is 2.65 bits per heavy atom. The van der Waals surface area contributed by atoms with E-state index in [1.807, 2.05) is 5.32 Å². The maximum absolute atomic E-state index is 11.8. The second-order valence-corrected chi connectivity index (χ2v) is 5.31. The molecule has 0 radical (unpaired) electrons. The highest BCUT2D eigenvalue weighted by atomic mass is 35.5. The van der Waals surface area contributed by atoms with Crippen LogP contribution in [0.5, 0.6) is 0 Å².